The van der Waals surface area contributed by atoms with Crippen molar-refractivity contribution in [1.82, 2.24) is 0 Å². The standard InChI is InChI=1S/C3H6O2.Na/c1-2-3(4)5;/h2H2,1H3,(H,4,5);/q;+1/p-1/i2+1,3+1;. The number of aliphatic carboxylic acids is 1. The summed E-state index contributed by atoms with van der Waals surface area (Å²) < 4.78 is 0. The van der Waals surface area contributed by atoms with Gasteiger partial charge >= 0.3 is 29.6 Å². The molecule has 0 aliphatic rings. The van der Waals surface area contributed by atoms with Crippen molar-refractivity contribution >= 4 is 5.97 Å². The summed E-state index contributed by atoms with van der Waals surface area (Å²) in [5.41, 5.74) is 0. The molecule has 0 N–H and O–H groups in total. The minimum Gasteiger partial charge on any atom is -0.550 e. The molecule has 30 valence electrons. The Morgan fingerprint density at radius 2 is 2.00 bits per heavy atom. The predicted octanol–water partition coefficient (Wildman–Crippen LogP) is -3.85. The van der Waals surface area contributed by atoms with Gasteiger partial charge in [0.1, 0.15) is 0 Å². The van der Waals surface area contributed by atoms with E-state index in [1.54, 1.807) is 0 Å². The van der Waals surface area contributed by atoms with Gasteiger partial charge in [0.15, 0.2) is 0 Å². The van der Waals surface area contributed by atoms with Gasteiger partial charge in [-0.2, -0.15) is 0 Å². The van der Waals surface area contributed by atoms with Crippen LogP contribution in [-0.4, -0.2) is 5.97 Å². The summed E-state index contributed by atoms with van der Waals surface area (Å²) in [5, 5.41) is 9.26. The van der Waals surface area contributed by atoms with Crippen molar-refractivity contribution in [3.8, 4) is 0 Å². The van der Waals surface area contributed by atoms with Gasteiger partial charge in [-0.15, -0.1) is 0 Å². The van der Waals surface area contributed by atoms with Crippen molar-refractivity contribution in [2.24, 2.45) is 0 Å². The summed E-state index contributed by atoms with van der Waals surface area (Å²) >= 11 is 0. The van der Waals surface area contributed by atoms with Crippen LogP contribution >= 0.6 is 0 Å². The fourth-order valence-corrected chi connectivity index (χ4v) is 0. The van der Waals surface area contributed by atoms with Gasteiger partial charge in [-0.25, -0.2) is 0 Å². The van der Waals surface area contributed by atoms with Crippen LogP contribution in [0.25, 0.3) is 0 Å². The van der Waals surface area contributed by atoms with E-state index in [1.165, 1.54) is 6.92 Å². The molecule has 0 amide bonds. The van der Waals surface area contributed by atoms with Crippen molar-refractivity contribution < 1.29 is 39.5 Å². The molecular weight excluding hydrogens is 93.0 g/mol. The fourth-order valence-electron chi connectivity index (χ4n) is 0. The van der Waals surface area contributed by atoms with Gasteiger partial charge in [-0.3, -0.25) is 0 Å². The first kappa shape index (κ1) is 9.69. The van der Waals surface area contributed by atoms with E-state index < -0.39 is 5.97 Å². The number of carboxylic acid groups (broad SMARTS) is 1. The van der Waals surface area contributed by atoms with Gasteiger partial charge in [-0.05, 0) is 6.42 Å². The second kappa shape index (κ2) is 5.47. The second-order valence-electron chi connectivity index (χ2n) is 0.726. The Labute approximate surface area is 58.8 Å². The normalized spacial score (nSPS) is 6.17. The maximum Gasteiger partial charge on any atom is 1.00 e. The average Bonchev–Trinajstić information content (AvgIpc) is 1.38. The van der Waals surface area contributed by atoms with Gasteiger partial charge in [-0.1, -0.05) is 6.92 Å². The minimum atomic E-state index is -0.995. The van der Waals surface area contributed by atoms with Gasteiger partial charge in [0, 0.05) is 5.97 Å². The fraction of sp³-hybridized carbons (Fsp3) is 0.667. The topological polar surface area (TPSA) is 40.1 Å². The molecule has 0 saturated carbocycles. The van der Waals surface area contributed by atoms with Crippen LogP contribution in [-0.2, 0) is 4.79 Å². The second-order valence-corrected chi connectivity index (χ2v) is 0.726. The van der Waals surface area contributed by atoms with E-state index >= 15 is 0 Å². The zero-order valence-electron chi connectivity index (χ0n) is 4.02. The summed E-state index contributed by atoms with van der Waals surface area (Å²) in [7, 11) is 0. The van der Waals surface area contributed by atoms with Crippen molar-refractivity contribution in [3.05, 3.63) is 0 Å². The molecule has 0 saturated heterocycles. The van der Waals surface area contributed by atoms with E-state index in [2.05, 4.69) is 0 Å². The number of hydrogen-bond donors (Lipinski definition) is 0. The summed E-state index contributed by atoms with van der Waals surface area (Å²) in [6.07, 6.45) is 0.111. The molecule has 0 aliphatic carbocycles. The number of hydrogen-bond acceptors (Lipinski definition) is 2. The third-order valence-corrected chi connectivity index (χ3v) is 0.289. The first-order valence-electron chi connectivity index (χ1n) is 1.47. The molecule has 0 aromatic carbocycles. The van der Waals surface area contributed by atoms with Crippen LogP contribution in [0.4, 0.5) is 0 Å². The van der Waals surface area contributed by atoms with Gasteiger partial charge in [0.2, 0.25) is 0 Å². The van der Waals surface area contributed by atoms with Gasteiger partial charge < -0.3 is 9.90 Å². The molecule has 0 unspecified atom stereocenters. The molecular formula is C3H5NaO2. The SMILES string of the molecule is C[13CH2][13C](=O)[O-].[Na+]. The quantitative estimate of drug-likeness (QED) is 0.249. The third-order valence-electron chi connectivity index (χ3n) is 0.289. The molecule has 0 aliphatic heterocycles. The summed E-state index contributed by atoms with van der Waals surface area (Å²) in [5.74, 6) is -0.995. The smallest absolute Gasteiger partial charge is 0.550 e. The van der Waals surface area contributed by atoms with E-state index in [4.69, 9.17) is 0 Å². The molecule has 0 aromatic heterocycles. The molecule has 0 heterocycles. The first-order valence-corrected chi connectivity index (χ1v) is 1.47. The van der Waals surface area contributed by atoms with Crippen molar-refractivity contribution in [1.29, 1.82) is 0 Å². The Morgan fingerprint density at radius 1 is 1.83 bits per heavy atom. The number of rotatable bonds is 1. The van der Waals surface area contributed by atoms with Crippen LogP contribution in [0.15, 0.2) is 0 Å². The molecule has 2 nitrogen and oxygen atoms in total. The first-order chi connectivity index (χ1) is 2.27. The Kier molecular flexibility index (Phi) is 8.83. The Hall–Kier alpha value is 0.470. The van der Waals surface area contributed by atoms with Crippen molar-refractivity contribution in [3.63, 3.8) is 0 Å². The summed E-state index contributed by atoms with van der Waals surface area (Å²) in [6.45, 7) is 1.54. The van der Waals surface area contributed by atoms with Crippen LogP contribution in [0.3, 0.4) is 0 Å². The van der Waals surface area contributed by atoms with Crippen molar-refractivity contribution in [2.75, 3.05) is 0 Å². The maximum absolute atomic E-state index is 9.26. The Balaban J connectivity index is 0. The number of carbonyl (C=O) groups excluding carboxylic acids is 1. The zero-order valence-corrected chi connectivity index (χ0v) is 6.02. The molecule has 3 heteroatoms. The zero-order chi connectivity index (χ0) is 4.28. The largest absolute Gasteiger partial charge is 1.00 e. The molecule has 0 spiro atoms. The maximum atomic E-state index is 9.26. The van der Waals surface area contributed by atoms with Crippen LogP contribution in [0.1, 0.15) is 13.3 Å². The third kappa shape index (κ3) is 8.82. The monoisotopic (exact) mass is 98.0 g/mol. The van der Waals surface area contributed by atoms with E-state index in [-0.39, 0.29) is 36.0 Å². The molecule has 0 fully saturated rings. The minimum absolute atomic E-state index is 0. The predicted molar refractivity (Wildman–Crippen MR) is 15.3 cm³/mol. The van der Waals surface area contributed by atoms with Gasteiger partial charge in [0.25, 0.3) is 0 Å². The van der Waals surface area contributed by atoms with E-state index in [0.29, 0.717) is 0 Å². The van der Waals surface area contributed by atoms with Crippen LogP contribution < -0.4 is 34.7 Å². The molecule has 0 radical (unpaired) electrons. The van der Waals surface area contributed by atoms with Gasteiger partial charge in [0.05, 0.1) is 0 Å². The molecule has 0 rings (SSSR count). The Morgan fingerprint density at radius 3 is 2.00 bits per heavy atom. The average molecular weight is 98.0 g/mol. The van der Waals surface area contributed by atoms with Crippen LogP contribution in [0, 0.1) is 0 Å². The van der Waals surface area contributed by atoms with Crippen LogP contribution in [0.2, 0.25) is 0 Å². The van der Waals surface area contributed by atoms with E-state index in [9.17, 15) is 9.90 Å². The molecule has 0 atom stereocenters. The number of carbonyl (C=O) groups is 1. The summed E-state index contributed by atoms with van der Waals surface area (Å²) in [6, 6.07) is 0. The molecule has 0 aromatic rings. The Bertz CT molecular complexity index is 44.1. The van der Waals surface area contributed by atoms with Crippen molar-refractivity contribution in [2.45, 2.75) is 13.3 Å². The summed E-state index contributed by atoms with van der Waals surface area (Å²) in [4.78, 5) is 9.26. The van der Waals surface area contributed by atoms with E-state index in [1.807, 2.05) is 0 Å². The molecule has 6 heavy (non-hydrogen) atoms. The van der Waals surface area contributed by atoms with E-state index in [0.717, 1.165) is 0 Å². The molecule has 0 bridgehead atoms. The van der Waals surface area contributed by atoms with Crippen LogP contribution in [0.5, 0.6) is 0 Å². The number of carboxylic acids is 1.